The average Bonchev–Trinajstić information content (AvgIpc) is 2.90. The van der Waals surface area contributed by atoms with Crippen molar-refractivity contribution in [3.05, 3.63) is 74.0 Å². The summed E-state index contributed by atoms with van der Waals surface area (Å²) in [5.74, 6) is -0.369. The number of likely N-dealkylation sites (N-methyl/N-ethyl adjacent to an activating group) is 1. The van der Waals surface area contributed by atoms with E-state index in [4.69, 9.17) is 4.74 Å². The van der Waals surface area contributed by atoms with Crippen LogP contribution in [0.25, 0.3) is 6.08 Å². The van der Waals surface area contributed by atoms with E-state index in [1.54, 1.807) is 12.1 Å². The van der Waals surface area contributed by atoms with E-state index in [9.17, 15) is 29.8 Å². The van der Waals surface area contributed by atoms with E-state index < -0.39 is 33.2 Å². The number of nitrogens with one attached hydrogen (secondary N) is 1. The van der Waals surface area contributed by atoms with Crippen LogP contribution in [0.1, 0.15) is 5.56 Å². The summed E-state index contributed by atoms with van der Waals surface area (Å²) in [6.07, 6.45) is 1.47. The number of nitro groups is 2. The number of nitro benzene ring substituents is 2. The predicted octanol–water partition coefficient (Wildman–Crippen LogP) is 2.82. The number of hydrogen-bond donors (Lipinski definition) is 1. The topological polar surface area (TPSA) is 145 Å². The van der Waals surface area contributed by atoms with E-state index in [-0.39, 0.29) is 17.2 Å². The zero-order valence-corrected chi connectivity index (χ0v) is 14.3. The summed E-state index contributed by atoms with van der Waals surface area (Å²) in [6.45, 7) is 0. The Morgan fingerprint density at radius 3 is 2.25 bits per heavy atom. The first-order chi connectivity index (χ1) is 13.3. The summed E-state index contributed by atoms with van der Waals surface area (Å²) >= 11 is 0. The second-order valence-electron chi connectivity index (χ2n) is 5.69. The third kappa shape index (κ3) is 3.62. The fraction of sp³-hybridized carbons (Fsp3) is 0.0588. The van der Waals surface area contributed by atoms with Gasteiger partial charge in [0.25, 0.3) is 11.6 Å². The number of carbonyl (C=O) groups is 2. The highest BCUT2D eigenvalue weighted by atomic mass is 16.6. The molecule has 1 aliphatic rings. The van der Waals surface area contributed by atoms with Crippen LogP contribution in [0.5, 0.6) is 11.5 Å². The quantitative estimate of drug-likeness (QED) is 0.361. The number of nitrogens with zero attached hydrogens (tertiary/aromatic N) is 3. The molecule has 0 bridgehead atoms. The third-order valence-electron chi connectivity index (χ3n) is 3.85. The summed E-state index contributed by atoms with van der Waals surface area (Å²) in [5, 5.41) is 24.3. The lowest BCUT2D eigenvalue weighted by Crippen LogP contribution is -2.25. The molecule has 2 aromatic rings. The number of amides is 3. The van der Waals surface area contributed by atoms with Crippen molar-refractivity contribution in [2.24, 2.45) is 0 Å². The van der Waals surface area contributed by atoms with Gasteiger partial charge in [-0.05, 0) is 29.8 Å². The molecule has 28 heavy (non-hydrogen) atoms. The van der Waals surface area contributed by atoms with E-state index in [0.717, 1.165) is 23.1 Å². The first kappa shape index (κ1) is 18.5. The summed E-state index contributed by atoms with van der Waals surface area (Å²) in [7, 11) is 1.35. The van der Waals surface area contributed by atoms with Crippen LogP contribution in [0.15, 0.2) is 48.2 Å². The van der Waals surface area contributed by atoms with Gasteiger partial charge in [0.05, 0.1) is 15.9 Å². The van der Waals surface area contributed by atoms with Crippen molar-refractivity contribution >= 4 is 29.4 Å². The standard InChI is InChI=1S/C17H12N4O7/c1-19-16(22)13(18-17(19)23)8-10-2-5-12(6-3-10)28-15-7-4-11(20(24)25)9-14(15)21(26)27/h2-9H,1H3,(H,18,23)/b13-8+. The molecule has 11 nitrogen and oxygen atoms in total. The molecule has 1 saturated heterocycles. The molecule has 11 heteroatoms. The minimum absolute atomic E-state index is 0.118. The van der Waals surface area contributed by atoms with Gasteiger partial charge in [0, 0.05) is 13.1 Å². The molecule has 142 valence electrons. The Labute approximate surface area is 157 Å². The lowest BCUT2D eigenvalue weighted by Gasteiger charge is -2.06. The Hall–Kier alpha value is -4.28. The Bertz CT molecular complexity index is 1030. The van der Waals surface area contributed by atoms with Gasteiger partial charge in [-0.3, -0.25) is 29.9 Å². The van der Waals surface area contributed by atoms with Crippen LogP contribution in [0.3, 0.4) is 0 Å². The summed E-state index contributed by atoms with van der Waals surface area (Å²) in [5.41, 5.74) is -0.256. The Kier molecular flexibility index (Phi) is 4.73. The molecule has 0 spiro atoms. The zero-order chi connectivity index (χ0) is 20.4. The Morgan fingerprint density at radius 2 is 1.71 bits per heavy atom. The number of benzene rings is 2. The number of rotatable bonds is 5. The highest BCUT2D eigenvalue weighted by Crippen LogP contribution is 2.34. The van der Waals surface area contributed by atoms with Crippen LogP contribution in [-0.2, 0) is 4.79 Å². The molecular formula is C17H12N4O7. The molecule has 3 rings (SSSR count). The van der Waals surface area contributed by atoms with Gasteiger partial charge in [0.2, 0.25) is 5.75 Å². The molecule has 1 N–H and O–H groups in total. The molecule has 1 heterocycles. The summed E-state index contributed by atoms with van der Waals surface area (Å²) < 4.78 is 5.46. The smallest absolute Gasteiger partial charge is 0.328 e. The molecule has 0 aromatic heterocycles. The summed E-state index contributed by atoms with van der Waals surface area (Å²) in [4.78, 5) is 44.6. The van der Waals surface area contributed by atoms with Crippen molar-refractivity contribution in [2.45, 2.75) is 0 Å². The zero-order valence-electron chi connectivity index (χ0n) is 14.3. The van der Waals surface area contributed by atoms with Gasteiger partial charge in [-0.1, -0.05) is 12.1 Å². The second kappa shape index (κ2) is 7.15. The van der Waals surface area contributed by atoms with Gasteiger partial charge in [-0.15, -0.1) is 0 Å². The SMILES string of the molecule is CN1C(=O)N/C(=C/c2ccc(Oc3ccc([N+](=O)[O-])cc3[N+](=O)[O-])cc2)C1=O. The fourth-order valence-electron chi connectivity index (χ4n) is 2.40. The van der Waals surface area contributed by atoms with Crippen molar-refractivity contribution in [1.29, 1.82) is 0 Å². The lowest BCUT2D eigenvalue weighted by atomic mass is 10.2. The highest BCUT2D eigenvalue weighted by molar-refractivity contribution is 6.13. The van der Waals surface area contributed by atoms with Crippen molar-refractivity contribution < 1.29 is 24.2 Å². The van der Waals surface area contributed by atoms with E-state index in [0.29, 0.717) is 5.56 Å². The van der Waals surface area contributed by atoms with E-state index >= 15 is 0 Å². The number of imide groups is 1. The fourth-order valence-corrected chi connectivity index (χ4v) is 2.40. The maximum Gasteiger partial charge on any atom is 0.328 e. The van der Waals surface area contributed by atoms with Crippen LogP contribution in [0, 0.1) is 20.2 Å². The molecule has 0 radical (unpaired) electrons. The van der Waals surface area contributed by atoms with Crippen LogP contribution >= 0.6 is 0 Å². The van der Waals surface area contributed by atoms with Crippen molar-refractivity contribution in [2.75, 3.05) is 7.05 Å². The van der Waals surface area contributed by atoms with E-state index in [1.165, 1.54) is 25.3 Å². The number of ether oxygens (including phenoxy) is 1. The van der Waals surface area contributed by atoms with Gasteiger partial charge in [0.1, 0.15) is 11.4 Å². The van der Waals surface area contributed by atoms with E-state index in [1.807, 2.05) is 0 Å². The number of carbonyl (C=O) groups excluding carboxylic acids is 2. The normalized spacial score (nSPS) is 14.9. The number of urea groups is 1. The molecule has 0 atom stereocenters. The maximum absolute atomic E-state index is 11.8. The second-order valence-corrected chi connectivity index (χ2v) is 5.69. The summed E-state index contributed by atoms with van der Waals surface area (Å²) in [6, 6.07) is 8.71. The number of non-ortho nitro benzene ring substituents is 1. The maximum atomic E-state index is 11.8. The average molecular weight is 384 g/mol. The van der Waals surface area contributed by atoms with Crippen LogP contribution in [-0.4, -0.2) is 33.7 Å². The monoisotopic (exact) mass is 384 g/mol. The Morgan fingerprint density at radius 1 is 1.04 bits per heavy atom. The molecule has 2 aromatic carbocycles. The molecule has 1 aliphatic heterocycles. The molecule has 0 unspecified atom stereocenters. The van der Waals surface area contributed by atoms with E-state index in [2.05, 4.69) is 5.32 Å². The largest absolute Gasteiger partial charge is 0.450 e. The highest BCUT2D eigenvalue weighted by Gasteiger charge is 2.29. The van der Waals surface area contributed by atoms with Gasteiger partial charge < -0.3 is 10.1 Å². The first-order valence-electron chi connectivity index (χ1n) is 7.78. The molecule has 1 fully saturated rings. The van der Waals surface area contributed by atoms with Crippen molar-refractivity contribution in [3.8, 4) is 11.5 Å². The van der Waals surface area contributed by atoms with Gasteiger partial charge in [0.15, 0.2) is 0 Å². The molecule has 0 aliphatic carbocycles. The molecule has 0 saturated carbocycles. The first-order valence-corrected chi connectivity index (χ1v) is 7.78. The van der Waals surface area contributed by atoms with Gasteiger partial charge in [-0.2, -0.15) is 0 Å². The lowest BCUT2D eigenvalue weighted by molar-refractivity contribution is -0.394. The van der Waals surface area contributed by atoms with Gasteiger partial charge >= 0.3 is 11.7 Å². The minimum Gasteiger partial charge on any atom is -0.450 e. The van der Waals surface area contributed by atoms with Crippen LogP contribution < -0.4 is 10.1 Å². The Balaban J connectivity index is 1.82. The van der Waals surface area contributed by atoms with Crippen LogP contribution in [0.4, 0.5) is 16.2 Å². The van der Waals surface area contributed by atoms with Crippen LogP contribution in [0.2, 0.25) is 0 Å². The molecule has 3 amide bonds. The number of hydrogen-bond acceptors (Lipinski definition) is 7. The van der Waals surface area contributed by atoms with Crippen molar-refractivity contribution in [1.82, 2.24) is 10.2 Å². The molecular weight excluding hydrogens is 372 g/mol. The van der Waals surface area contributed by atoms with Crippen molar-refractivity contribution in [3.63, 3.8) is 0 Å². The van der Waals surface area contributed by atoms with Gasteiger partial charge in [-0.25, -0.2) is 4.79 Å². The predicted molar refractivity (Wildman–Crippen MR) is 95.5 cm³/mol. The third-order valence-corrected chi connectivity index (χ3v) is 3.85. The minimum atomic E-state index is -0.772.